The molecule has 2 aliphatic carbocycles. The maximum absolute atomic E-state index is 13.6. The monoisotopic (exact) mass is 319 g/mol. The van der Waals surface area contributed by atoms with Crippen molar-refractivity contribution in [2.45, 2.75) is 50.4 Å². The first-order valence-corrected chi connectivity index (χ1v) is 8.26. The number of carboxylic acids is 1. The lowest BCUT2D eigenvalue weighted by Gasteiger charge is -2.36. The minimum atomic E-state index is -0.846. The fourth-order valence-electron chi connectivity index (χ4n) is 3.62. The zero-order valence-electron chi connectivity index (χ0n) is 13.1. The molecule has 3 rings (SSSR count). The van der Waals surface area contributed by atoms with Gasteiger partial charge in [-0.05, 0) is 43.4 Å². The standard InChI is InChI=1S/C18H22FNO3/c19-14-6-4-5-13(11-14)18(7-2-1-3-8-18)15(21)20-12-17(9-10-17)16(22)23/h4-6,11H,1-3,7-10,12H2,(H,20,21)(H,22,23). The summed E-state index contributed by atoms with van der Waals surface area (Å²) in [5, 5.41) is 12.1. The Bertz CT molecular complexity index is 618. The van der Waals surface area contributed by atoms with E-state index < -0.39 is 16.8 Å². The first-order chi connectivity index (χ1) is 11.0. The summed E-state index contributed by atoms with van der Waals surface area (Å²) < 4.78 is 13.6. The van der Waals surface area contributed by atoms with Crippen LogP contribution in [-0.4, -0.2) is 23.5 Å². The van der Waals surface area contributed by atoms with Crippen molar-refractivity contribution in [2.24, 2.45) is 5.41 Å². The van der Waals surface area contributed by atoms with E-state index in [1.165, 1.54) is 12.1 Å². The fraction of sp³-hybridized carbons (Fsp3) is 0.556. The summed E-state index contributed by atoms with van der Waals surface area (Å²) in [6, 6.07) is 6.25. The summed E-state index contributed by atoms with van der Waals surface area (Å²) in [5.41, 5.74) is -0.808. The molecule has 0 radical (unpaired) electrons. The lowest BCUT2D eigenvalue weighted by Crippen LogP contribution is -2.48. The van der Waals surface area contributed by atoms with E-state index in [4.69, 9.17) is 0 Å². The molecular formula is C18H22FNO3. The zero-order chi connectivity index (χ0) is 16.5. The van der Waals surface area contributed by atoms with E-state index in [-0.39, 0.29) is 18.3 Å². The molecule has 0 saturated heterocycles. The van der Waals surface area contributed by atoms with Crippen LogP contribution in [0, 0.1) is 11.2 Å². The van der Waals surface area contributed by atoms with E-state index in [2.05, 4.69) is 5.32 Å². The van der Waals surface area contributed by atoms with Gasteiger partial charge in [0.2, 0.25) is 5.91 Å². The first kappa shape index (κ1) is 16.0. The Balaban J connectivity index is 1.81. The van der Waals surface area contributed by atoms with Gasteiger partial charge in [0.05, 0.1) is 10.8 Å². The molecular weight excluding hydrogens is 297 g/mol. The number of hydrogen-bond donors (Lipinski definition) is 2. The van der Waals surface area contributed by atoms with Crippen molar-refractivity contribution in [1.29, 1.82) is 0 Å². The number of carbonyl (C=O) groups excluding carboxylic acids is 1. The van der Waals surface area contributed by atoms with Crippen molar-refractivity contribution in [2.75, 3.05) is 6.54 Å². The van der Waals surface area contributed by atoms with Crippen molar-refractivity contribution < 1.29 is 19.1 Å². The van der Waals surface area contributed by atoms with Crippen molar-refractivity contribution in [3.8, 4) is 0 Å². The van der Waals surface area contributed by atoms with E-state index in [9.17, 15) is 19.1 Å². The highest BCUT2D eigenvalue weighted by atomic mass is 19.1. The van der Waals surface area contributed by atoms with E-state index >= 15 is 0 Å². The Morgan fingerprint density at radius 2 is 1.83 bits per heavy atom. The Kier molecular flexibility index (Phi) is 4.13. The number of halogens is 1. The predicted molar refractivity (Wildman–Crippen MR) is 83.5 cm³/mol. The zero-order valence-corrected chi connectivity index (χ0v) is 13.1. The largest absolute Gasteiger partial charge is 0.481 e. The molecule has 5 heteroatoms. The highest BCUT2D eigenvalue weighted by molar-refractivity contribution is 5.89. The van der Waals surface area contributed by atoms with E-state index in [1.54, 1.807) is 12.1 Å². The van der Waals surface area contributed by atoms with Crippen molar-refractivity contribution >= 4 is 11.9 Å². The maximum Gasteiger partial charge on any atom is 0.311 e. The molecule has 2 N–H and O–H groups in total. The molecule has 124 valence electrons. The molecule has 0 unspecified atom stereocenters. The van der Waals surface area contributed by atoms with Crippen LogP contribution in [0.1, 0.15) is 50.5 Å². The molecule has 0 heterocycles. The van der Waals surface area contributed by atoms with E-state index in [1.807, 2.05) is 0 Å². The van der Waals surface area contributed by atoms with Gasteiger partial charge in [-0.2, -0.15) is 0 Å². The van der Waals surface area contributed by atoms with Crippen LogP contribution < -0.4 is 5.32 Å². The summed E-state index contributed by atoms with van der Waals surface area (Å²) in [7, 11) is 0. The topological polar surface area (TPSA) is 66.4 Å². The third-order valence-corrected chi connectivity index (χ3v) is 5.41. The second-order valence-corrected chi connectivity index (χ2v) is 6.92. The van der Waals surface area contributed by atoms with E-state index in [0.29, 0.717) is 31.2 Å². The summed E-state index contributed by atoms with van der Waals surface area (Å²) in [5.74, 6) is -1.35. The lowest BCUT2D eigenvalue weighted by atomic mass is 9.68. The quantitative estimate of drug-likeness (QED) is 0.877. The summed E-state index contributed by atoms with van der Waals surface area (Å²) in [6.45, 7) is 0.165. The minimum Gasteiger partial charge on any atom is -0.481 e. The van der Waals surface area contributed by atoms with Crippen LogP contribution in [0.25, 0.3) is 0 Å². The highest BCUT2D eigenvalue weighted by Gasteiger charge is 2.51. The summed E-state index contributed by atoms with van der Waals surface area (Å²) in [4.78, 5) is 24.2. The Morgan fingerprint density at radius 3 is 2.39 bits per heavy atom. The number of aliphatic carboxylic acids is 1. The third kappa shape index (κ3) is 2.96. The molecule has 1 aromatic rings. The molecule has 2 fully saturated rings. The van der Waals surface area contributed by atoms with E-state index in [0.717, 1.165) is 19.3 Å². The van der Waals surface area contributed by atoms with Gasteiger partial charge in [0, 0.05) is 6.54 Å². The molecule has 23 heavy (non-hydrogen) atoms. The molecule has 0 aliphatic heterocycles. The van der Waals surface area contributed by atoms with Gasteiger partial charge in [0.15, 0.2) is 0 Å². The lowest BCUT2D eigenvalue weighted by molar-refractivity contribution is -0.143. The Labute approximate surface area is 135 Å². The van der Waals surface area contributed by atoms with Gasteiger partial charge >= 0.3 is 5.97 Å². The molecule has 0 aromatic heterocycles. The van der Waals surface area contributed by atoms with Crippen LogP contribution in [0.5, 0.6) is 0 Å². The molecule has 4 nitrogen and oxygen atoms in total. The van der Waals surface area contributed by atoms with Crippen molar-refractivity contribution in [3.05, 3.63) is 35.6 Å². The van der Waals surface area contributed by atoms with Crippen LogP contribution in [0.15, 0.2) is 24.3 Å². The van der Waals surface area contributed by atoms with Gasteiger partial charge in [-0.3, -0.25) is 9.59 Å². The molecule has 0 bridgehead atoms. The number of carboxylic acid groups (broad SMARTS) is 1. The number of nitrogens with one attached hydrogen (secondary N) is 1. The summed E-state index contributed by atoms with van der Waals surface area (Å²) >= 11 is 0. The number of benzene rings is 1. The van der Waals surface area contributed by atoms with Crippen LogP contribution in [0.4, 0.5) is 4.39 Å². The number of amides is 1. The highest BCUT2D eigenvalue weighted by Crippen LogP contribution is 2.46. The Hall–Kier alpha value is -1.91. The van der Waals surface area contributed by atoms with Crippen LogP contribution >= 0.6 is 0 Å². The molecule has 0 atom stereocenters. The SMILES string of the molecule is O=C(O)C1(CNC(=O)C2(c3cccc(F)c3)CCCCC2)CC1. The van der Waals surface area contributed by atoms with Crippen molar-refractivity contribution in [1.82, 2.24) is 5.32 Å². The smallest absolute Gasteiger partial charge is 0.311 e. The van der Waals surface area contributed by atoms with Gasteiger partial charge in [0.1, 0.15) is 5.82 Å². The van der Waals surface area contributed by atoms with Crippen LogP contribution in [0.3, 0.4) is 0 Å². The average molecular weight is 319 g/mol. The van der Waals surface area contributed by atoms with Gasteiger partial charge < -0.3 is 10.4 Å². The number of hydrogen-bond acceptors (Lipinski definition) is 2. The van der Waals surface area contributed by atoms with Gasteiger partial charge in [-0.1, -0.05) is 31.4 Å². The van der Waals surface area contributed by atoms with Crippen LogP contribution in [0.2, 0.25) is 0 Å². The second-order valence-electron chi connectivity index (χ2n) is 6.92. The number of carbonyl (C=O) groups is 2. The molecule has 0 spiro atoms. The Morgan fingerprint density at radius 1 is 1.13 bits per heavy atom. The van der Waals surface area contributed by atoms with Crippen molar-refractivity contribution in [3.63, 3.8) is 0 Å². The number of rotatable bonds is 5. The predicted octanol–water partition coefficient (Wildman–Crippen LogP) is 3.01. The fourth-order valence-corrected chi connectivity index (χ4v) is 3.62. The van der Waals surface area contributed by atoms with Gasteiger partial charge in [0.25, 0.3) is 0 Å². The average Bonchev–Trinajstić information content (AvgIpc) is 3.34. The normalized spacial score (nSPS) is 21.4. The first-order valence-electron chi connectivity index (χ1n) is 8.26. The maximum atomic E-state index is 13.6. The molecule has 1 amide bonds. The molecule has 2 aliphatic rings. The third-order valence-electron chi connectivity index (χ3n) is 5.41. The summed E-state index contributed by atoms with van der Waals surface area (Å²) in [6.07, 6.45) is 5.50. The van der Waals surface area contributed by atoms with Gasteiger partial charge in [-0.15, -0.1) is 0 Å². The minimum absolute atomic E-state index is 0.157. The van der Waals surface area contributed by atoms with Crippen LogP contribution in [-0.2, 0) is 15.0 Å². The van der Waals surface area contributed by atoms with Gasteiger partial charge in [-0.25, -0.2) is 4.39 Å². The molecule has 1 aromatic carbocycles. The second kappa shape index (κ2) is 5.95. The molecule has 2 saturated carbocycles.